The Hall–Kier alpha value is -1.65. The molecule has 2 rings (SSSR count). The summed E-state index contributed by atoms with van der Waals surface area (Å²) in [7, 11) is 0. The number of aryl methyl sites for hydroxylation is 2. The maximum atomic E-state index is 11.9. The standard InChI is InChI=1S/C15H18ClN3O/c1-4-17-9-13-15(20)8-11(3)19(18-13)14-6-5-12(16)7-10(14)2/h5-8,17H,4,9H2,1-3H3. The van der Waals surface area contributed by atoms with Crippen LogP contribution in [0.4, 0.5) is 0 Å². The highest BCUT2D eigenvalue weighted by Crippen LogP contribution is 2.19. The summed E-state index contributed by atoms with van der Waals surface area (Å²) in [4.78, 5) is 11.9. The van der Waals surface area contributed by atoms with E-state index in [2.05, 4.69) is 10.4 Å². The molecule has 0 aliphatic carbocycles. The monoisotopic (exact) mass is 291 g/mol. The molecule has 0 amide bonds. The van der Waals surface area contributed by atoms with Gasteiger partial charge >= 0.3 is 0 Å². The summed E-state index contributed by atoms with van der Waals surface area (Å²) in [5.74, 6) is 0. The van der Waals surface area contributed by atoms with Gasteiger partial charge in [-0.3, -0.25) is 4.79 Å². The summed E-state index contributed by atoms with van der Waals surface area (Å²) in [5, 5.41) is 8.29. The zero-order valence-corrected chi connectivity index (χ0v) is 12.7. The Morgan fingerprint density at radius 3 is 2.70 bits per heavy atom. The molecule has 0 unspecified atom stereocenters. The van der Waals surface area contributed by atoms with Crippen molar-refractivity contribution in [2.45, 2.75) is 27.3 Å². The molecule has 1 aromatic heterocycles. The van der Waals surface area contributed by atoms with Crippen LogP contribution in [0.1, 0.15) is 23.9 Å². The number of rotatable bonds is 4. The van der Waals surface area contributed by atoms with Gasteiger partial charge in [0.05, 0.1) is 5.69 Å². The molecule has 1 heterocycles. The molecule has 0 aliphatic heterocycles. The molecule has 5 heteroatoms. The molecule has 20 heavy (non-hydrogen) atoms. The SMILES string of the molecule is CCNCc1nn(-c2ccc(Cl)cc2C)c(C)cc1=O. The van der Waals surface area contributed by atoms with Gasteiger partial charge in [0.25, 0.3) is 0 Å². The molecule has 2 aromatic rings. The van der Waals surface area contributed by atoms with E-state index in [9.17, 15) is 4.79 Å². The Kier molecular flexibility index (Phi) is 4.57. The predicted octanol–water partition coefficient (Wildman–Crippen LogP) is 2.61. The maximum Gasteiger partial charge on any atom is 0.204 e. The van der Waals surface area contributed by atoms with Crippen LogP contribution in [0, 0.1) is 13.8 Å². The average Bonchev–Trinajstić information content (AvgIpc) is 2.39. The highest BCUT2D eigenvalue weighted by atomic mass is 35.5. The van der Waals surface area contributed by atoms with Gasteiger partial charge in [0.15, 0.2) is 0 Å². The van der Waals surface area contributed by atoms with Crippen molar-refractivity contribution >= 4 is 11.6 Å². The Bertz CT molecular complexity index is 679. The average molecular weight is 292 g/mol. The zero-order chi connectivity index (χ0) is 14.7. The fourth-order valence-electron chi connectivity index (χ4n) is 2.05. The van der Waals surface area contributed by atoms with Crippen molar-refractivity contribution in [2.75, 3.05) is 6.54 Å². The number of hydrogen-bond donors (Lipinski definition) is 1. The molecule has 0 fully saturated rings. The van der Waals surface area contributed by atoms with E-state index in [4.69, 9.17) is 11.6 Å². The molecule has 0 atom stereocenters. The van der Waals surface area contributed by atoms with E-state index in [1.807, 2.05) is 39.0 Å². The van der Waals surface area contributed by atoms with E-state index in [0.717, 1.165) is 23.5 Å². The van der Waals surface area contributed by atoms with E-state index in [1.165, 1.54) is 0 Å². The summed E-state index contributed by atoms with van der Waals surface area (Å²) in [6.07, 6.45) is 0. The summed E-state index contributed by atoms with van der Waals surface area (Å²) in [6, 6.07) is 7.25. The van der Waals surface area contributed by atoms with Crippen LogP contribution in [0.25, 0.3) is 5.69 Å². The highest BCUT2D eigenvalue weighted by Gasteiger charge is 2.09. The predicted molar refractivity (Wildman–Crippen MR) is 81.7 cm³/mol. The summed E-state index contributed by atoms with van der Waals surface area (Å²) in [6.45, 7) is 7.12. The molecular formula is C15H18ClN3O. The summed E-state index contributed by atoms with van der Waals surface area (Å²) >= 11 is 5.98. The van der Waals surface area contributed by atoms with Crippen LogP contribution in [0.5, 0.6) is 0 Å². The number of hydrogen-bond acceptors (Lipinski definition) is 3. The van der Waals surface area contributed by atoms with Gasteiger partial charge in [0.2, 0.25) is 5.43 Å². The van der Waals surface area contributed by atoms with E-state index >= 15 is 0 Å². The van der Waals surface area contributed by atoms with Gasteiger partial charge < -0.3 is 5.32 Å². The van der Waals surface area contributed by atoms with Crippen LogP contribution in [0.3, 0.4) is 0 Å². The van der Waals surface area contributed by atoms with Crippen molar-refractivity contribution in [3.05, 3.63) is 56.5 Å². The second-order valence-corrected chi connectivity index (χ2v) is 5.16. The van der Waals surface area contributed by atoms with E-state index in [-0.39, 0.29) is 5.43 Å². The Morgan fingerprint density at radius 1 is 1.30 bits per heavy atom. The fourth-order valence-corrected chi connectivity index (χ4v) is 2.28. The number of nitrogens with zero attached hydrogens (tertiary/aromatic N) is 2. The minimum absolute atomic E-state index is 0.0358. The number of nitrogens with one attached hydrogen (secondary N) is 1. The quantitative estimate of drug-likeness (QED) is 0.942. The van der Waals surface area contributed by atoms with Crippen molar-refractivity contribution in [3.8, 4) is 5.69 Å². The van der Waals surface area contributed by atoms with Gasteiger partial charge in [-0.15, -0.1) is 0 Å². The van der Waals surface area contributed by atoms with Crippen molar-refractivity contribution in [1.29, 1.82) is 0 Å². The lowest BCUT2D eigenvalue weighted by molar-refractivity contribution is 0.665. The van der Waals surface area contributed by atoms with Crippen LogP contribution in [-0.4, -0.2) is 16.3 Å². The van der Waals surface area contributed by atoms with Gasteiger partial charge in [-0.25, -0.2) is 4.68 Å². The summed E-state index contributed by atoms with van der Waals surface area (Å²) < 4.78 is 1.79. The highest BCUT2D eigenvalue weighted by molar-refractivity contribution is 6.30. The molecule has 106 valence electrons. The first-order valence-corrected chi connectivity index (χ1v) is 6.98. The van der Waals surface area contributed by atoms with Crippen LogP contribution < -0.4 is 10.7 Å². The molecular weight excluding hydrogens is 274 g/mol. The normalized spacial score (nSPS) is 10.8. The zero-order valence-electron chi connectivity index (χ0n) is 11.9. The van der Waals surface area contributed by atoms with Gasteiger partial charge in [-0.1, -0.05) is 18.5 Å². The minimum Gasteiger partial charge on any atom is -0.311 e. The molecule has 0 bridgehead atoms. The topological polar surface area (TPSA) is 46.9 Å². The van der Waals surface area contributed by atoms with E-state index < -0.39 is 0 Å². The molecule has 4 nitrogen and oxygen atoms in total. The minimum atomic E-state index is -0.0358. The third-order valence-electron chi connectivity index (χ3n) is 3.11. The van der Waals surface area contributed by atoms with Crippen molar-refractivity contribution < 1.29 is 0 Å². The van der Waals surface area contributed by atoms with Gasteiger partial charge in [-0.2, -0.15) is 5.10 Å². The number of aromatic nitrogens is 2. The van der Waals surface area contributed by atoms with Gasteiger partial charge in [-0.05, 0) is 44.2 Å². The molecule has 1 N–H and O–H groups in total. The van der Waals surface area contributed by atoms with E-state index in [0.29, 0.717) is 17.3 Å². The molecule has 0 saturated carbocycles. The second kappa shape index (κ2) is 6.20. The summed E-state index contributed by atoms with van der Waals surface area (Å²) in [5.41, 5.74) is 3.24. The smallest absolute Gasteiger partial charge is 0.204 e. The Labute approximate surface area is 123 Å². The molecule has 0 saturated heterocycles. The van der Waals surface area contributed by atoms with E-state index in [1.54, 1.807) is 10.7 Å². The van der Waals surface area contributed by atoms with Gasteiger partial charge in [0.1, 0.15) is 5.69 Å². The number of benzene rings is 1. The first kappa shape index (κ1) is 14.8. The molecule has 0 aliphatic rings. The molecule has 1 aromatic carbocycles. The van der Waals surface area contributed by atoms with Crippen molar-refractivity contribution in [3.63, 3.8) is 0 Å². The van der Waals surface area contributed by atoms with Crippen LogP contribution in [0.15, 0.2) is 29.1 Å². The Morgan fingerprint density at radius 2 is 2.05 bits per heavy atom. The largest absolute Gasteiger partial charge is 0.311 e. The van der Waals surface area contributed by atoms with Crippen LogP contribution >= 0.6 is 11.6 Å². The van der Waals surface area contributed by atoms with Crippen molar-refractivity contribution in [1.82, 2.24) is 15.1 Å². The third-order valence-corrected chi connectivity index (χ3v) is 3.34. The lowest BCUT2D eigenvalue weighted by Gasteiger charge is -2.14. The number of halogens is 1. The maximum absolute atomic E-state index is 11.9. The second-order valence-electron chi connectivity index (χ2n) is 4.72. The third kappa shape index (κ3) is 3.08. The first-order chi connectivity index (χ1) is 9.52. The fraction of sp³-hybridized carbons (Fsp3) is 0.333. The lowest BCUT2D eigenvalue weighted by atomic mass is 10.2. The first-order valence-electron chi connectivity index (χ1n) is 6.60. The molecule has 0 radical (unpaired) electrons. The van der Waals surface area contributed by atoms with Gasteiger partial charge in [0, 0.05) is 23.3 Å². The lowest BCUT2D eigenvalue weighted by Crippen LogP contribution is -2.24. The van der Waals surface area contributed by atoms with Crippen LogP contribution in [0.2, 0.25) is 5.02 Å². The van der Waals surface area contributed by atoms with Crippen molar-refractivity contribution in [2.24, 2.45) is 0 Å². The Balaban J connectivity index is 2.53. The van der Waals surface area contributed by atoms with Crippen LogP contribution in [-0.2, 0) is 6.54 Å². The molecule has 0 spiro atoms.